The Bertz CT molecular complexity index is 576. The van der Waals surface area contributed by atoms with Crippen LogP contribution in [-0.2, 0) is 5.88 Å². The first-order valence-electron chi connectivity index (χ1n) is 6.83. The number of anilines is 2. The van der Waals surface area contributed by atoms with Crippen LogP contribution in [0.25, 0.3) is 0 Å². The van der Waals surface area contributed by atoms with Crippen molar-refractivity contribution in [2.24, 2.45) is 0 Å². The fourth-order valence-corrected chi connectivity index (χ4v) is 2.61. The fraction of sp³-hybridized carbons (Fsp3) is 0.400. The first kappa shape index (κ1) is 13.3. The molecule has 2 aromatic rings. The Hall–Kier alpha value is -1.68. The predicted molar refractivity (Wildman–Crippen MR) is 81.7 cm³/mol. The van der Waals surface area contributed by atoms with Gasteiger partial charge in [-0.2, -0.15) is 4.98 Å². The predicted octanol–water partition coefficient (Wildman–Crippen LogP) is 3.05. The number of nitrogens with zero attached hydrogens (tertiary/aromatic N) is 3. The van der Waals surface area contributed by atoms with E-state index in [2.05, 4.69) is 46.0 Å². The Morgan fingerprint density at radius 2 is 1.95 bits per heavy atom. The second-order valence-corrected chi connectivity index (χ2v) is 5.34. The van der Waals surface area contributed by atoms with Gasteiger partial charge >= 0.3 is 0 Å². The van der Waals surface area contributed by atoms with Gasteiger partial charge in [-0.05, 0) is 24.6 Å². The standard InChI is InChI=1S/C15H18ClN3O/c1-12-3-2-4-14(9-12)18-5-7-19(8-6-18)15-17-13(10-16)11-20-15/h2-4,9,11H,5-8,10H2,1H3. The lowest BCUT2D eigenvalue weighted by molar-refractivity contribution is 0.516. The van der Waals surface area contributed by atoms with Gasteiger partial charge in [0, 0.05) is 31.9 Å². The molecule has 0 N–H and O–H groups in total. The summed E-state index contributed by atoms with van der Waals surface area (Å²) in [7, 11) is 0. The largest absolute Gasteiger partial charge is 0.432 e. The molecule has 0 spiro atoms. The molecular formula is C15H18ClN3O. The topological polar surface area (TPSA) is 32.5 Å². The molecule has 1 aliphatic rings. The van der Waals surface area contributed by atoms with E-state index in [1.54, 1.807) is 6.26 Å². The molecule has 2 heterocycles. The molecule has 4 nitrogen and oxygen atoms in total. The molecule has 1 fully saturated rings. The molecule has 0 amide bonds. The molecule has 1 aliphatic heterocycles. The molecule has 106 valence electrons. The lowest BCUT2D eigenvalue weighted by Gasteiger charge is -2.35. The van der Waals surface area contributed by atoms with Gasteiger partial charge in [-0.15, -0.1) is 11.6 Å². The van der Waals surface area contributed by atoms with Crippen LogP contribution in [0.5, 0.6) is 0 Å². The Morgan fingerprint density at radius 3 is 2.60 bits per heavy atom. The summed E-state index contributed by atoms with van der Waals surface area (Å²) < 4.78 is 5.47. The number of aryl methyl sites for hydroxylation is 1. The maximum absolute atomic E-state index is 5.75. The number of hydrogen-bond acceptors (Lipinski definition) is 4. The quantitative estimate of drug-likeness (QED) is 0.814. The summed E-state index contributed by atoms with van der Waals surface area (Å²) in [5.41, 5.74) is 3.38. The summed E-state index contributed by atoms with van der Waals surface area (Å²) in [6, 6.07) is 9.31. The molecular weight excluding hydrogens is 274 g/mol. The molecule has 5 heteroatoms. The molecule has 3 rings (SSSR count). The number of oxazole rings is 1. The summed E-state index contributed by atoms with van der Waals surface area (Å²) in [6.45, 7) is 5.90. The van der Waals surface area contributed by atoms with Crippen LogP contribution in [0, 0.1) is 6.92 Å². The first-order chi connectivity index (χ1) is 9.76. The number of rotatable bonds is 3. The zero-order valence-electron chi connectivity index (χ0n) is 11.6. The van der Waals surface area contributed by atoms with Gasteiger partial charge in [-0.1, -0.05) is 12.1 Å². The van der Waals surface area contributed by atoms with Gasteiger partial charge in [0.1, 0.15) is 6.26 Å². The summed E-state index contributed by atoms with van der Waals surface area (Å²) >= 11 is 5.75. The van der Waals surface area contributed by atoms with E-state index >= 15 is 0 Å². The molecule has 1 aromatic carbocycles. The number of benzene rings is 1. The molecule has 1 aromatic heterocycles. The van der Waals surface area contributed by atoms with Gasteiger partial charge in [-0.3, -0.25) is 0 Å². The maximum Gasteiger partial charge on any atom is 0.297 e. The molecule has 0 atom stereocenters. The molecule has 0 unspecified atom stereocenters. The van der Waals surface area contributed by atoms with Crippen molar-refractivity contribution in [2.75, 3.05) is 36.0 Å². The van der Waals surface area contributed by atoms with Crippen LogP contribution in [0.3, 0.4) is 0 Å². The third-order valence-corrected chi connectivity index (χ3v) is 3.87. The summed E-state index contributed by atoms with van der Waals surface area (Å²) in [6.07, 6.45) is 1.63. The average Bonchev–Trinajstić information content (AvgIpc) is 2.96. The number of hydrogen-bond donors (Lipinski definition) is 0. The van der Waals surface area contributed by atoms with E-state index in [9.17, 15) is 0 Å². The minimum Gasteiger partial charge on any atom is -0.432 e. The van der Waals surface area contributed by atoms with Crippen LogP contribution in [0.4, 0.5) is 11.7 Å². The van der Waals surface area contributed by atoms with Gasteiger partial charge in [-0.25, -0.2) is 0 Å². The van der Waals surface area contributed by atoms with Crippen molar-refractivity contribution in [1.82, 2.24) is 4.98 Å². The van der Waals surface area contributed by atoms with Crippen LogP contribution in [-0.4, -0.2) is 31.2 Å². The molecule has 0 bridgehead atoms. The number of halogens is 1. The second-order valence-electron chi connectivity index (χ2n) is 5.07. The molecule has 1 saturated heterocycles. The van der Waals surface area contributed by atoms with Gasteiger partial charge in [0.2, 0.25) is 0 Å². The third kappa shape index (κ3) is 2.75. The van der Waals surface area contributed by atoms with Crippen molar-refractivity contribution >= 4 is 23.3 Å². The van der Waals surface area contributed by atoms with Crippen molar-refractivity contribution in [3.8, 4) is 0 Å². The maximum atomic E-state index is 5.75. The molecule has 0 saturated carbocycles. The van der Waals surface area contributed by atoms with Crippen LogP contribution in [0.15, 0.2) is 34.9 Å². The fourth-order valence-electron chi connectivity index (χ4n) is 2.48. The molecule has 0 aliphatic carbocycles. The highest BCUT2D eigenvalue weighted by molar-refractivity contribution is 6.16. The smallest absolute Gasteiger partial charge is 0.297 e. The lowest BCUT2D eigenvalue weighted by Crippen LogP contribution is -2.46. The monoisotopic (exact) mass is 291 g/mol. The van der Waals surface area contributed by atoms with Crippen molar-refractivity contribution in [1.29, 1.82) is 0 Å². The van der Waals surface area contributed by atoms with E-state index in [-0.39, 0.29) is 0 Å². The van der Waals surface area contributed by atoms with E-state index in [0.29, 0.717) is 11.9 Å². The van der Waals surface area contributed by atoms with Gasteiger partial charge < -0.3 is 14.2 Å². The van der Waals surface area contributed by atoms with E-state index in [1.165, 1.54) is 11.3 Å². The molecule has 20 heavy (non-hydrogen) atoms. The Kier molecular flexibility index (Phi) is 3.83. The van der Waals surface area contributed by atoms with E-state index in [1.807, 2.05) is 0 Å². The zero-order chi connectivity index (χ0) is 13.9. The van der Waals surface area contributed by atoms with Crippen LogP contribution in [0.2, 0.25) is 0 Å². The van der Waals surface area contributed by atoms with Gasteiger partial charge in [0.25, 0.3) is 6.01 Å². The minimum absolute atomic E-state index is 0.396. The third-order valence-electron chi connectivity index (χ3n) is 3.59. The highest BCUT2D eigenvalue weighted by Gasteiger charge is 2.20. The highest BCUT2D eigenvalue weighted by Crippen LogP contribution is 2.21. The van der Waals surface area contributed by atoms with Crippen LogP contribution < -0.4 is 9.80 Å². The minimum atomic E-state index is 0.396. The van der Waals surface area contributed by atoms with E-state index in [0.717, 1.165) is 31.9 Å². The highest BCUT2D eigenvalue weighted by atomic mass is 35.5. The second kappa shape index (κ2) is 5.75. The van der Waals surface area contributed by atoms with Crippen LogP contribution >= 0.6 is 11.6 Å². The first-order valence-corrected chi connectivity index (χ1v) is 7.36. The number of aromatic nitrogens is 1. The zero-order valence-corrected chi connectivity index (χ0v) is 12.3. The SMILES string of the molecule is Cc1cccc(N2CCN(c3nc(CCl)co3)CC2)c1. The van der Waals surface area contributed by atoms with Crippen molar-refractivity contribution in [3.05, 3.63) is 41.8 Å². The molecule has 0 radical (unpaired) electrons. The van der Waals surface area contributed by atoms with E-state index < -0.39 is 0 Å². The van der Waals surface area contributed by atoms with Crippen molar-refractivity contribution < 1.29 is 4.42 Å². The Morgan fingerprint density at radius 1 is 1.20 bits per heavy atom. The number of piperazine rings is 1. The Balaban J connectivity index is 1.64. The Labute approximate surface area is 124 Å². The van der Waals surface area contributed by atoms with Crippen molar-refractivity contribution in [2.45, 2.75) is 12.8 Å². The number of alkyl halides is 1. The summed E-state index contributed by atoms with van der Waals surface area (Å²) in [4.78, 5) is 8.94. The summed E-state index contributed by atoms with van der Waals surface area (Å²) in [5, 5.41) is 0. The van der Waals surface area contributed by atoms with Crippen molar-refractivity contribution in [3.63, 3.8) is 0 Å². The van der Waals surface area contributed by atoms with Crippen LogP contribution in [0.1, 0.15) is 11.3 Å². The lowest BCUT2D eigenvalue weighted by atomic mass is 10.2. The normalized spacial score (nSPS) is 15.7. The van der Waals surface area contributed by atoms with Gasteiger partial charge in [0.05, 0.1) is 11.6 Å². The van der Waals surface area contributed by atoms with Gasteiger partial charge in [0.15, 0.2) is 0 Å². The van der Waals surface area contributed by atoms with E-state index in [4.69, 9.17) is 16.0 Å². The summed E-state index contributed by atoms with van der Waals surface area (Å²) in [5.74, 6) is 0.396. The average molecular weight is 292 g/mol.